The van der Waals surface area contributed by atoms with E-state index in [2.05, 4.69) is 17.6 Å². The molecule has 0 saturated carbocycles. The van der Waals surface area contributed by atoms with Gasteiger partial charge in [0.15, 0.2) is 0 Å². The second kappa shape index (κ2) is 6.70. The molecule has 2 N–H and O–H groups in total. The van der Waals surface area contributed by atoms with Crippen molar-refractivity contribution < 1.29 is 9.59 Å². The summed E-state index contributed by atoms with van der Waals surface area (Å²) in [5.41, 5.74) is 3.05. The van der Waals surface area contributed by atoms with Crippen LogP contribution in [0.15, 0.2) is 48.5 Å². The van der Waals surface area contributed by atoms with E-state index in [0.29, 0.717) is 11.3 Å². The lowest BCUT2D eigenvalue weighted by atomic mass is 10.1. The number of hydrogen-bond donors (Lipinski definition) is 2. The Kier molecular flexibility index (Phi) is 4.72. The molecule has 0 unspecified atom stereocenters. The number of aryl methyl sites for hydroxylation is 1. The number of benzene rings is 2. The van der Waals surface area contributed by atoms with E-state index in [1.54, 1.807) is 24.3 Å². The molecule has 4 heteroatoms. The molecule has 0 radical (unpaired) electrons. The molecular formula is C17H18N2O2. The van der Waals surface area contributed by atoms with E-state index >= 15 is 0 Å². The van der Waals surface area contributed by atoms with Crippen molar-refractivity contribution in [3.63, 3.8) is 0 Å². The molecule has 0 aliphatic rings. The summed E-state index contributed by atoms with van der Waals surface area (Å²) in [7, 11) is 0. The smallest absolute Gasteiger partial charge is 0.255 e. The Morgan fingerprint density at radius 2 is 1.62 bits per heavy atom. The molecule has 21 heavy (non-hydrogen) atoms. The van der Waals surface area contributed by atoms with Gasteiger partial charge in [0.1, 0.15) is 0 Å². The highest BCUT2D eigenvalue weighted by Gasteiger charge is 2.07. The fourth-order valence-corrected chi connectivity index (χ4v) is 2.01. The maximum Gasteiger partial charge on any atom is 0.255 e. The lowest BCUT2D eigenvalue weighted by Crippen LogP contribution is -2.13. The summed E-state index contributed by atoms with van der Waals surface area (Å²) in [4.78, 5) is 23.3. The molecule has 0 atom stereocenters. The molecule has 0 bridgehead atoms. The van der Waals surface area contributed by atoms with Gasteiger partial charge in [0, 0.05) is 23.9 Å². The Morgan fingerprint density at radius 3 is 2.29 bits per heavy atom. The van der Waals surface area contributed by atoms with Crippen LogP contribution in [0.2, 0.25) is 0 Å². The Morgan fingerprint density at radius 1 is 0.952 bits per heavy atom. The third-order valence-electron chi connectivity index (χ3n) is 3.04. The summed E-state index contributed by atoms with van der Waals surface area (Å²) in [5, 5.41) is 5.53. The minimum atomic E-state index is -0.199. The van der Waals surface area contributed by atoms with Gasteiger partial charge in [-0.2, -0.15) is 0 Å². The fourth-order valence-electron chi connectivity index (χ4n) is 2.01. The van der Waals surface area contributed by atoms with Crippen molar-refractivity contribution in [3.05, 3.63) is 59.7 Å². The van der Waals surface area contributed by atoms with Crippen LogP contribution in [0.1, 0.15) is 29.8 Å². The monoisotopic (exact) mass is 282 g/mol. The maximum atomic E-state index is 12.2. The van der Waals surface area contributed by atoms with Crippen molar-refractivity contribution in [2.24, 2.45) is 0 Å². The summed E-state index contributed by atoms with van der Waals surface area (Å²) in [6, 6.07) is 14.6. The van der Waals surface area contributed by atoms with E-state index in [9.17, 15) is 9.59 Å². The SMILES string of the molecule is CCc1cccc(NC(=O)c2cccc(NC(C)=O)c2)c1. The van der Waals surface area contributed by atoms with E-state index in [1.807, 2.05) is 24.3 Å². The Hall–Kier alpha value is -2.62. The van der Waals surface area contributed by atoms with Crippen LogP contribution in [0, 0.1) is 0 Å². The molecule has 2 aromatic carbocycles. The zero-order valence-corrected chi connectivity index (χ0v) is 12.1. The fraction of sp³-hybridized carbons (Fsp3) is 0.176. The molecule has 2 rings (SSSR count). The number of rotatable bonds is 4. The van der Waals surface area contributed by atoms with Gasteiger partial charge < -0.3 is 10.6 Å². The largest absolute Gasteiger partial charge is 0.326 e. The van der Waals surface area contributed by atoms with Crippen molar-refractivity contribution >= 4 is 23.2 Å². The molecule has 0 aliphatic heterocycles. The highest BCUT2D eigenvalue weighted by atomic mass is 16.2. The van der Waals surface area contributed by atoms with Crippen LogP contribution < -0.4 is 10.6 Å². The summed E-state index contributed by atoms with van der Waals surface area (Å²) in [5.74, 6) is -0.362. The van der Waals surface area contributed by atoms with Gasteiger partial charge in [-0.05, 0) is 42.3 Å². The number of nitrogens with one attached hydrogen (secondary N) is 2. The van der Waals surface area contributed by atoms with Crippen molar-refractivity contribution in [3.8, 4) is 0 Å². The van der Waals surface area contributed by atoms with Crippen LogP contribution in [0.4, 0.5) is 11.4 Å². The molecule has 108 valence electrons. The van der Waals surface area contributed by atoms with Crippen LogP contribution in [-0.4, -0.2) is 11.8 Å². The predicted molar refractivity (Wildman–Crippen MR) is 84.5 cm³/mol. The highest BCUT2D eigenvalue weighted by Crippen LogP contribution is 2.15. The van der Waals surface area contributed by atoms with E-state index in [-0.39, 0.29) is 11.8 Å². The molecular weight excluding hydrogens is 264 g/mol. The molecule has 0 spiro atoms. The number of hydrogen-bond acceptors (Lipinski definition) is 2. The van der Waals surface area contributed by atoms with Crippen LogP contribution in [0.5, 0.6) is 0 Å². The topological polar surface area (TPSA) is 58.2 Å². The van der Waals surface area contributed by atoms with Crippen molar-refractivity contribution in [1.82, 2.24) is 0 Å². The molecule has 2 amide bonds. The first-order valence-corrected chi connectivity index (χ1v) is 6.86. The number of carbonyl (C=O) groups is 2. The third-order valence-corrected chi connectivity index (χ3v) is 3.04. The van der Waals surface area contributed by atoms with E-state index in [0.717, 1.165) is 12.1 Å². The van der Waals surface area contributed by atoms with Gasteiger partial charge in [0.05, 0.1) is 0 Å². The first-order chi connectivity index (χ1) is 10.1. The summed E-state index contributed by atoms with van der Waals surface area (Å²) >= 11 is 0. The van der Waals surface area contributed by atoms with E-state index in [4.69, 9.17) is 0 Å². The average molecular weight is 282 g/mol. The predicted octanol–water partition coefficient (Wildman–Crippen LogP) is 3.46. The summed E-state index contributed by atoms with van der Waals surface area (Å²) in [6.45, 7) is 3.50. The number of carbonyl (C=O) groups excluding carboxylic acids is 2. The molecule has 0 aromatic heterocycles. The first-order valence-electron chi connectivity index (χ1n) is 6.86. The van der Waals surface area contributed by atoms with Gasteiger partial charge in [0.2, 0.25) is 5.91 Å². The third kappa shape index (κ3) is 4.18. The Balaban J connectivity index is 2.14. The van der Waals surface area contributed by atoms with Gasteiger partial charge in [0.25, 0.3) is 5.91 Å². The second-order valence-corrected chi connectivity index (χ2v) is 4.77. The van der Waals surface area contributed by atoms with E-state index < -0.39 is 0 Å². The Labute approximate surface area is 124 Å². The maximum absolute atomic E-state index is 12.2. The normalized spacial score (nSPS) is 10.0. The zero-order chi connectivity index (χ0) is 15.2. The Bertz CT molecular complexity index is 665. The number of amides is 2. The highest BCUT2D eigenvalue weighted by molar-refractivity contribution is 6.05. The van der Waals surface area contributed by atoms with Gasteiger partial charge in [-0.1, -0.05) is 25.1 Å². The minimum absolute atomic E-state index is 0.164. The van der Waals surface area contributed by atoms with Gasteiger partial charge in [-0.15, -0.1) is 0 Å². The molecule has 4 nitrogen and oxygen atoms in total. The van der Waals surface area contributed by atoms with Crippen LogP contribution in [0.3, 0.4) is 0 Å². The summed E-state index contributed by atoms with van der Waals surface area (Å²) in [6.07, 6.45) is 0.918. The average Bonchev–Trinajstić information content (AvgIpc) is 2.47. The molecule has 0 heterocycles. The quantitative estimate of drug-likeness (QED) is 0.902. The van der Waals surface area contributed by atoms with Crippen molar-refractivity contribution in [2.75, 3.05) is 10.6 Å². The second-order valence-electron chi connectivity index (χ2n) is 4.77. The van der Waals surface area contributed by atoms with Crippen LogP contribution in [-0.2, 0) is 11.2 Å². The lowest BCUT2D eigenvalue weighted by molar-refractivity contribution is -0.114. The molecule has 2 aromatic rings. The standard InChI is InChI=1S/C17H18N2O2/c1-3-13-6-4-8-15(10-13)19-17(21)14-7-5-9-16(11-14)18-12(2)20/h4-11H,3H2,1-2H3,(H,18,20)(H,19,21). The van der Waals surface area contributed by atoms with Gasteiger partial charge in [-0.25, -0.2) is 0 Å². The lowest BCUT2D eigenvalue weighted by Gasteiger charge is -2.08. The first kappa shape index (κ1) is 14.8. The molecule has 0 fully saturated rings. The molecule has 0 saturated heterocycles. The van der Waals surface area contributed by atoms with Crippen LogP contribution >= 0.6 is 0 Å². The number of anilines is 2. The minimum Gasteiger partial charge on any atom is -0.326 e. The summed E-state index contributed by atoms with van der Waals surface area (Å²) < 4.78 is 0. The zero-order valence-electron chi connectivity index (χ0n) is 12.1. The molecule has 0 aliphatic carbocycles. The van der Waals surface area contributed by atoms with Crippen molar-refractivity contribution in [1.29, 1.82) is 0 Å². The van der Waals surface area contributed by atoms with Gasteiger partial charge >= 0.3 is 0 Å². The van der Waals surface area contributed by atoms with Gasteiger partial charge in [-0.3, -0.25) is 9.59 Å². The van der Waals surface area contributed by atoms with Crippen LogP contribution in [0.25, 0.3) is 0 Å². The van der Waals surface area contributed by atoms with Crippen molar-refractivity contribution in [2.45, 2.75) is 20.3 Å². The van der Waals surface area contributed by atoms with E-state index in [1.165, 1.54) is 12.5 Å².